The van der Waals surface area contributed by atoms with Gasteiger partial charge in [0.05, 0.1) is 24.1 Å². The Hall–Kier alpha value is -0.930. The average Bonchev–Trinajstić information content (AvgIpc) is 2.44. The van der Waals surface area contributed by atoms with Crippen molar-refractivity contribution >= 4 is 0 Å². The summed E-state index contributed by atoms with van der Waals surface area (Å²) in [5.74, 6) is 0. The van der Waals surface area contributed by atoms with Crippen LogP contribution >= 0.6 is 0 Å². The summed E-state index contributed by atoms with van der Waals surface area (Å²) in [6.45, 7) is 9.27. The average molecular weight is 276 g/mol. The fourth-order valence-electron chi connectivity index (χ4n) is 2.70. The normalized spacial score (nSPS) is 19.1. The van der Waals surface area contributed by atoms with Gasteiger partial charge in [-0.1, -0.05) is 26.8 Å². The van der Waals surface area contributed by atoms with Crippen LogP contribution in [0.5, 0.6) is 0 Å². The lowest BCUT2D eigenvalue weighted by atomic mass is 9.76. The molecule has 1 heterocycles. The van der Waals surface area contributed by atoms with Crippen LogP contribution in [0.2, 0.25) is 0 Å². The molecule has 1 aromatic heterocycles. The van der Waals surface area contributed by atoms with Gasteiger partial charge in [0.1, 0.15) is 0 Å². The molecular weight excluding hydrogens is 248 g/mol. The van der Waals surface area contributed by atoms with Crippen LogP contribution in [0.15, 0.2) is 18.2 Å². The second kappa shape index (κ2) is 7.19. The van der Waals surface area contributed by atoms with Crippen LogP contribution < -0.4 is 5.32 Å². The number of nitrogens with one attached hydrogen (secondary N) is 1. The third-order valence-corrected chi connectivity index (χ3v) is 4.17. The van der Waals surface area contributed by atoms with Crippen molar-refractivity contribution in [2.24, 2.45) is 5.41 Å². The first-order valence-corrected chi connectivity index (χ1v) is 7.86. The summed E-state index contributed by atoms with van der Waals surface area (Å²) in [5.41, 5.74) is 2.65. The van der Waals surface area contributed by atoms with Gasteiger partial charge in [0, 0.05) is 6.54 Å². The monoisotopic (exact) mass is 276 g/mol. The Morgan fingerprint density at radius 2 is 1.95 bits per heavy atom. The summed E-state index contributed by atoms with van der Waals surface area (Å²) in [5, 5.41) is 3.30. The van der Waals surface area contributed by atoms with E-state index in [9.17, 15) is 0 Å². The minimum atomic E-state index is 0.419. The van der Waals surface area contributed by atoms with Crippen molar-refractivity contribution in [2.75, 3.05) is 6.54 Å². The first-order chi connectivity index (χ1) is 9.59. The maximum Gasteiger partial charge on any atom is 0.0891 e. The lowest BCUT2D eigenvalue weighted by Gasteiger charge is -2.34. The van der Waals surface area contributed by atoms with E-state index in [0.717, 1.165) is 24.5 Å². The molecule has 1 aliphatic carbocycles. The van der Waals surface area contributed by atoms with E-state index in [1.165, 1.54) is 25.7 Å². The van der Waals surface area contributed by atoms with Crippen LogP contribution in [0.4, 0.5) is 0 Å². The molecule has 1 fully saturated rings. The molecule has 20 heavy (non-hydrogen) atoms. The zero-order valence-electron chi connectivity index (χ0n) is 13.1. The summed E-state index contributed by atoms with van der Waals surface area (Å²) >= 11 is 0. The van der Waals surface area contributed by atoms with Crippen molar-refractivity contribution in [1.29, 1.82) is 0 Å². The Morgan fingerprint density at radius 1 is 1.25 bits per heavy atom. The van der Waals surface area contributed by atoms with Crippen molar-refractivity contribution in [3.05, 3.63) is 29.6 Å². The smallest absolute Gasteiger partial charge is 0.0891 e. The van der Waals surface area contributed by atoms with E-state index >= 15 is 0 Å². The minimum Gasteiger partial charge on any atom is -0.372 e. The maximum absolute atomic E-state index is 6.04. The standard InChI is InChI=1S/C17H28N2O/c1-4-18-12-14-6-5-7-15(19-14)13-20-16-8-10-17(2,3)11-9-16/h5-7,16,18H,4,8-13H2,1-3H3. The van der Waals surface area contributed by atoms with Gasteiger partial charge in [-0.05, 0) is 49.8 Å². The Bertz CT molecular complexity index is 407. The van der Waals surface area contributed by atoms with Crippen molar-refractivity contribution in [3.8, 4) is 0 Å². The van der Waals surface area contributed by atoms with Gasteiger partial charge in [0.15, 0.2) is 0 Å². The lowest BCUT2D eigenvalue weighted by molar-refractivity contribution is -0.00693. The molecule has 0 amide bonds. The Morgan fingerprint density at radius 3 is 2.65 bits per heavy atom. The van der Waals surface area contributed by atoms with Gasteiger partial charge in [0.25, 0.3) is 0 Å². The summed E-state index contributed by atoms with van der Waals surface area (Å²) in [4.78, 5) is 4.64. The molecule has 2 rings (SSSR count). The van der Waals surface area contributed by atoms with Crippen LogP contribution in [0.25, 0.3) is 0 Å². The third-order valence-electron chi connectivity index (χ3n) is 4.17. The number of aromatic nitrogens is 1. The van der Waals surface area contributed by atoms with Gasteiger partial charge in [-0.15, -0.1) is 0 Å². The van der Waals surface area contributed by atoms with Crippen molar-refractivity contribution in [3.63, 3.8) is 0 Å². The summed E-state index contributed by atoms with van der Waals surface area (Å²) < 4.78 is 6.04. The number of ether oxygens (including phenoxy) is 1. The van der Waals surface area contributed by atoms with Gasteiger partial charge in [0.2, 0.25) is 0 Å². The van der Waals surface area contributed by atoms with Crippen LogP contribution in [0.3, 0.4) is 0 Å². The highest BCUT2D eigenvalue weighted by atomic mass is 16.5. The van der Waals surface area contributed by atoms with Crippen molar-refractivity contribution < 1.29 is 4.74 Å². The van der Waals surface area contributed by atoms with Gasteiger partial charge in [-0.2, -0.15) is 0 Å². The Labute approximate surface area is 123 Å². The van der Waals surface area contributed by atoms with Gasteiger partial charge < -0.3 is 10.1 Å². The van der Waals surface area contributed by atoms with Crippen LogP contribution in [-0.4, -0.2) is 17.6 Å². The summed E-state index contributed by atoms with van der Waals surface area (Å²) in [6, 6.07) is 6.19. The highest BCUT2D eigenvalue weighted by Crippen LogP contribution is 2.36. The number of rotatable bonds is 6. The van der Waals surface area contributed by atoms with E-state index in [1.54, 1.807) is 0 Å². The predicted molar refractivity (Wildman–Crippen MR) is 82.4 cm³/mol. The quantitative estimate of drug-likeness (QED) is 0.860. The topological polar surface area (TPSA) is 34.1 Å². The van der Waals surface area contributed by atoms with Crippen LogP contribution in [0, 0.1) is 5.41 Å². The SMILES string of the molecule is CCNCc1cccc(COC2CCC(C)(C)CC2)n1. The van der Waals surface area contributed by atoms with E-state index in [0.29, 0.717) is 18.1 Å². The van der Waals surface area contributed by atoms with E-state index in [1.807, 2.05) is 0 Å². The molecule has 0 aliphatic heterocycles. The molecule has 1 N–H and O–H groups in total. The maximum atomic E-state index is 6.04. The highest BCUT2D eigenvalue weighted by molar-refractivity contribution is 5.10. The Balaban J connectivity index is 1.79. The second-order valence-corrected chi connectivity index (χ2v) is 6.58. The fourth-order valence-corrected chi connectivity index (χ4v) is 2.70. The predicted octanol–water partition coefficient (Wildman–Crippen LogP) is 3.68. The number of hydrogen-bond acceptors (Lipinski definition) is 3. The third kappa shape index (κ3) is 4.88. The Kier molecular flexibility index (Phi) is 5.55. The lowest BCUT2D eigenvalue weighted by Crippen LogP contribution is -2.26. The van der Waals surface area contributed by atoms with Gasteiger partial charge in [-0.3, -0.25) is 4.98 Å². The summed E-state index contributed by atoms with van der Waals surface area (Å²) in [7, 11) is 0. The molecule has 1 aliphatic rings. The molecule has 1 saturated carbocycles. The van der Waals surface area contributed by atoms with Crippen molar-refractivity contribution in [2.45, 2.75) is 65.7 Å². The first-order valence-electron chi connectivity index (χ1n) is 7.86. The van der Waals surface area contributed by atoms with E-state index in [2.05, 4.69) is 49.3 Å². The van der Waals surface area contributed by atoms with Crippen LogP contribution in [0.1, 0.15) is 57.8 Å². The molecule has 0 unspecified atom stereocenters. The zero-order chi connectivity index (χ0) is 14.4. The largest absolute Gasteiger partial charge is 0.372 e. The molecule has 3 nitrogen and oxygen atoms in total. The zero-order valence-corrected chi connectivity index (χ0v) is 13.1. The van der Waals surface area contributed by atoms with Crippen LogP contribution in [-0.2, 0) is 17.9 Å². The fraction of sp³-hybridized carbons (Fsp3) is 0.706. The highest BCUT2D eigenvalue weighted by Gasteiger charge is 2.27. The van der Waals surface area contributed by atoms with Gasteiger partial charge >= 0.3 is 0 Å². The van der Waals surface area contributed by atoms with Gasteiger partial charge in [-0.25, -0.2) is 0 Å². The molecule has 0 saturated heterocycles. The molecule has 3 heteroatoms. The first kappa shape index (κ1) is 15.5. The number of pyridine rings is 1. The molecule has 0 spiro atoms. The number of nitrogens with zero attached hydrogens (tertiary/aromatic N) is 1. The molecule has 0 radical (unpaired) electrons. The summed E-state index contributed by atoms with van der Waals surface area (Å²) in [6.07, 6.45) is 5.33. The van der Waals surface area contributed by atoms with E-state index in [4.69, 9.17) is 4.74 Å². The van der Waals surface area contributed by atoms with E-state index < -0.39 is 0 Å². The van der Waals surface area contributed by atoms with Crippen molar-refractivity contribution in [1.82, 2.24) is 10.3 Å². The van der Waals surface area contributed by atoms with E-state index in [-0.39, 0.29) is 0 Å². The molecule has 1 aromatic rings. The molecule has 112 valence electrons. The molecule has 0 bridgehead atoms. The second-order valence-electron chi connectivity index (χ2n) is 6.58. The minimum absolute atomic E-state index is 0.419. The number of hydrogen-bond donors (Lipinski definition) is 1. The molecule has 0 aromatic carbocycles. The molecular formula is C17H28N2O. The molecule has 0 atom stereocenters.